The third-order valence-corrected chi connectivity index (χ3v) is 2.82. The summed E-state index contributed by atoms with van der Waals surface area (Å²) in [7, 11) is 1.47. The highest BCUT2D eigenvalue weighted by molar-refractivity contribution is 6.16. The molecule has 0 aromatic heterocycles. The van der Waals surface area contributed by atoms with Gasteiger partial charge in [0.2, 0.25) is 0 Å². The Morgan fingerprint density at radius 2 is 2.18 bits per heavy atom. The van der Waals surface area contributed by atoms with E-state index >= 15 is 0 Å². The van der Waals surface area contributed by atoms with Crippen LogP contribution in [0.1, 0.15) is 27.1 Å². The van der Waals surface area contributed by atoms with Gasteiger partial charge in [0.25, 0.3) is 5.91 Å². The smallest absolute Gasteiger partial charge is 0.256 e. The summed E-state index contributed by atoms with van der Waals surface area (Å²) in [6.07, 6.45) is 0.446. The first-order valence-corrected chi connectivity index (χ1v) is 5.41. The van der Waals surface area contributed by atoms with Crippen molar-refractivity contribution in [2.75, 3.05) is 13.7 Å². The molecule has 0 radical (unpaired) electrons. The molecular formula is C12H14N2O3. The first-order valence-electron chi connectivity index (χ1n) is 5.41. The van der Waals surface area contributed by atoms with Gasteiger partial charge in [-0.2, -0.15) is 0 Å². The molecule has 0 spiro atoms. The van der Waals surface area contributed by atoms with Gasteiger partial charge in [0.1, 0.15) is 5.75 Å². The lowest BCUT2D eigenvalue weighted by molar-refractivity contribution is 0.0821. The van der Waals surface area contributed by atoms with E-state index in [4.69, 9.17) is 10.5 Å². The van der Waals surface area contributed by atoms with E-state index in [0.29, 0.717) is 29.8 Å². The third-order valence-electron chi connectivity index (χ3n) is 2.82. The van der Waals surface area contributed by atoms with Crippen LogP contribution >= 0.6 is 0 Å². The number of rotatable bonds is 3. The molecule has 0 unspecified atom stereocenters. The summed E-state index contributed by atoms with van der Waals surface area (Å²) in [4.78, 5) is 24.0. The van der Waals surface area contributed by atoms with Crippen molar-refractivity contribution in [3.8, 4) is 5.75 Å². The monoisotopic (exact) mass is 234 g/mol. The molecule has 0 bridgehead atoms. The summed E-state index contributed by atoms with van der Waals surface area (Å²) >= 11 is 0. The standard InChI is InChI=1S/C12H14N2O3/c1-17-9-4-2-3-7-10(9)12(16)14-8(5-6-13)11(7)15/h2-4,8H,5-6,13H2,1H3,(H,14,16)/t8-/m0/s1. The summed E-state index contributed by atoms with van der Waals surface area (Å²) in [6.45, 7) is 0.357. The quantitative estimate of drug-likeness (QED) is 0.790. The van der Waals surface area contributed by atoms with Gasteiger partial charge in [-0.15, -0.1) is 0 Å². The van der Waals surface area contributed by atoms with Crippen LogP contribution in [-0.2, 0) is 0 Å². The van der Waals surface area contributed by atoms with Gasteiger partial charge in [-0.3, -0.25) is 9.59 Å². The van der Waals surface area contributed by atoms with Gasteiger partial charge < -0.3 is 15.8 Å². The highest BCUT2D eigenvalue weighted by Gasteiger charge is 2.33. The SMILES string of the molecule is COc1cccc2c1C(=O)N[C@@H](CCN)C2=O. The molecule has 3 N–H and O–H groups in total. The van der Waals surface area contributed by atoms with Gasteiger partial charge in [0, 0.05) is 5.56 Å². The minimum absolute atomic E-state index is 0.107. The fourth-order valence-corrected chi connectivity index (χ4v) is 1.99. The summed E-state index contributed by atoms with van der Waals surface area (Å²) in [5.41, 5.74) is 6.14. The predicted molar refractivity (Wildman–Crippen MR) is 62.3 cm³/mol. The molecule has 1 aliphatic heterocycles. The van der Waals surface area contributed by atoms with Gasteiger partial charge in [-0.1, -0.05) is 12.1 Å². The largest absolute Gasteiger partial charge is 0.496 e. The molecule has 90 valence electrons. The first kappa shape index (κ1) is 11.6. The summed E-state index contributed by atoms with van der Waals surface area (Å²) in [5.74, 6) is 0.0269. The maximum absolute atomic E-state index is 12.1. The molecule has 1 atom stereocenters. The maximum atomic E-state index is 12.1. The van der Waals surface area contributed by atoms with Gasteiger partial charge in [-0.25, -0.2) is 0 Å². The molecule has 0 saturated heterocycles. The molecule has 1 aromatic rings. The van der Waals surface area contributed by atoms with E-state index in [-0.39, 0.29) is 11.7 Å². The zero-order valence-electron chi connectivity index (χ0n) is 9.53. The Bertz CT molecular complexity index is 471. The number of fused-ring (bicyclic) bond motifs is 1. The lowest BCUT2D eigenvalue weighted by Crippen LogP contribution is -2.47. The predicted octanol–water partition coefficient (Wildman–Crippen LogP) is 0.339. The van der Waals surface area contributed by atoms with Gasteiger partial charge in [-0.05, 0) is 19.0 Å². The molecule has 1 amide bonds. The van der Waals surface area contributed by atoms with E-state index in [2.05, 4.69) is 5.32 Å². The molecule has 0 aliphatic carbocycles. The number of hydrogen-bond acceptors (Lipinski definition) is 4. The molecule has 5 heteroatoms. The third kappa shape index (κ3) is 1.89. The van der Waals surface area contributed by atoms with Crippen LogP contribution in [0.15, 0.2) is 18.2 Å². The number of hydrogen-bond donors (Lipinski definition) is 2. The van der Waals surface area contributed by atoms with Crippen LogP contribution in [0.4, 0.5) is 0 Å². The Kier molecular flexibility index (Phi) is 3.10. The van der Waals surface area contributed by atoms with E-state index in [1.165, 1.54) is 7.11 Å². The fraction of sp³-hybridized carbons (Fsp3) is 0.333. The molecule has 1 heterocycles. The minimum atomic E-state index is -0.521. The second kappa shape index (κ2) is 4.55. The van der Waals surface area contributed by atoms with Crippen LogP contribution in [0, 0.1) is 0 Å². The molecule has 1 aromatic carbocycles. The van der Waals surface area contributed by atoms with Crippen molar-refractivity contribution in [2.45, 2.75) is 12.5 Å². The highest BCUT2D eigenvalue weighted by Crippen LogP contribution is 2.26. The van der Waals surface area contributed by atoms with Crippen molar-refractivity contribution in [3.05, 3.63) is 29.3 Å². The van der Waals surface area contributed by atoms with E-state index < -0.39 is 6.04 Å². The lowest BCUT2D eigenvalue weighted by Gasteiger charge is -2.25. The lowest BCUT2D eigenvalue weighted by atomic mass is 9.91. The van der Waals surface area contributed by atoms with Gasteiger partial charge in [0.05, 0.1) is 18.7 Å². The topological polar surface area (TPSA) is 81.4 Å². The number of carbonyl (C=O) groups is 2. The molecule has 5 nitrogen and oxygen atoms in total. The summed E-state index contributed by atoms with van der Waals surface area (Å²) < 4.78 is 5.09. The zero-order valence-corrected chi connectivity index (χ0v) is 9.53. The van der Waals surface area contributed by atoms with E-state index in [0.717, 1.165) is 0 Å². The van der Waals surface area contributed by atoms with Gasteiger partial charge >= 0.3 is 0 Å². The van der Waals surface area contributed by atoms with E-state index in [1.807, 2.05) is 0 Å². The Morgan fingerprint density at radius 3 is 2.82 bits per heavy atom. The second-order valence-corrected chi connectivity index (χ2v) is 3.85. The molecule has 1 aliphatic rings. The van der Waals surface area contributed by atoms with Crippen molar-refractivity contribution in [2.24, 2.45) is 5.73 Å². The van der Waals surface area contributed by atoms with Crippen molar-refractivity contribution >= 4 is 11.7 Å². The Labute approximate surface area is 98.9 Å². The number of ether oxygens (including phenoxy) is 1. The van der Waals surface area contributed by atoms with Gasteiger partial charge in [0.15, 0.2) is 5.78 Å². The number of nitrogens with one attached hydrogen (secondary N) is 1. The van der Waals surface area contributed by atoms with Crippen molar-refractivity contribution in [1.82, 2.24) is 5.32 Å². The number of benzene rings is 1. The molecule has 0 saturated carbocycles. The second-order valence-electron chi connectivity index (χ2n) is 3.85. The van der Waals surface area contributed by atoms with Crippen LogP contribution in [0.5, 0.6) is 5.75 Å². The Balaban J connectivity index is 2.48. The van der Waals surface area contributed by atoms with Crippen LogP contribution in [0.2, 0.25) is 0 Å². The van der Waals surface area contributed by atoms with Crippen LogP contribution in [-0.4, -0.2) is 31.4 Å². The van der Waals surface area contributed by atoms with Crippen molar-refractivity contribution in [3.63, 3.8) is 0 Å². The number of methoxy groups -OCH3 is 1. The van der Waals surface area contributed by atoms with Crippen molar-refractivity contribution < 1.29 is 14.3 Å². The van der Waals surface area contributed by atoms with Crippen molar-refractivity contribution in [1.29, 1.82) is 0 Å². The maximum Gasteiger partial charge on any atom is 0.256 e. The number of Topliss-reactive ketones (excluding diaryl/α,β-unsaturated/α-hetero) is 1. The van der Waals surface area contributed by atoms with E-state index in [9.17, 15) is 9.59 Å². The fourth-order valence-electron chi connectivity index (χ4n) is 1.99. The molecule has 17 heavy (non-hydrogen) atoms. The molecular weight excluding hydrogens is 220 g/mol. The molecule has 2 rings (SSSR count). The summed E-state index contributed by atoms with van der Waals surface area (Å²) in [5, 5.41) is 2.65. The number of amides is 1. The molecule has 0 fully saturated rings. The Hall–Kier alpha value is -1.88. The van der Waals surface area contributed by atoms with Crippen LogP contribution in [0.3, 0.4) is 0 Å². The normalized spacial score (nSPS) is 18.6. The number of ketones is 1. The summed E-state index contributed by atoms with van der Waals surface area (Å²) in [6, 6.07) is 4.48. The minimum Gasteiger partial charge on any atom is -0.496 e. The number of carbonyl (C=O) groups excluding carboxylic acids is 2. The Morgan fingerprint density at radius 1 is 1.41 bits per heavy atom. The van der Waals surface area contributed by atoms with E-state index in [1.54, 1.807) is 18.2 Å². The number of nitrogens with two attached hydrogens (primary N) is 1. The average molecular weight is 234 g/mol. The average Bonchev–Trinajstić information content (AvgIpc) is 2.35. The highest BCUT2D eigenvalue weighted by atomic mass is 16.5. The first-order chi connectivity index (χ1) is 8.19. The zero-order chi connectivity index (χ0) is 12.4. The van der Waals surface area contributed by atoms with Crippen LogP contribution in [0.25, 0.3) is 0 Å². The van der Waals surface area contributed by atoms with Crippen LogP contribution < -0.4 is 15.8 Å².